The maximum absolute atomic E-state index is 12.3. The minimum atomic E-state index is -0.278. The molecule has 1 aliphatic heterocycles. The Morgan fingerprint density at radius 1 is 1.16 bits per heavy atom. The van der Waals surface area contributed by atoms with Gasteiger partial charge in [0.15, 0.2) is 0 Å². The van der Waals surface area contributed by atoms with Crippen LogP contribution < -0.4 is 5.32 Å². The number of likely N-dealkylation sites (tertiary alicyclic amines) is 1. The SMILES string of the molecule is O=C(NCc1ccncc1)C1CC(=O)N(CCc2ccc(Cl)cc2)C1. The summed E-state index contributed by atoms with van der Waals surface area (Å²) in [7, 11) is 0. The van der Waals surface area contributed by atoms with Gasteiger partial charge in [0.25, 0.3) is 0 Å². The van der Waals surface area contributed by atoms with Crippen molar-refractivity contribution >= 4 is 23.4 Å². The van der Waals surface area contributed by atoms with E-state index < -0.39 is 0 Å². The summed E-state index contributed by atoms with van der Waals surface area (Å²) in [6.07, 6.45) is 4.43. The lowest BCUT2D eigenvalue weighted by Crippen LogP contribution is -2.33. The second kappa shape index (κ2) is 8.12. The van der Waals surface area contributed by atoms with Crippen molar-refractivity contribution in [2.45, 2.75) is 19.4 Å². The van der Waals surface area contributed by atoms with Crippen LogP contribution in [-0.4, -0.2) is 34.8 Å². The third-order valence-electron chi connectivity index (χ3n) is 4.39. The summed E-state index contributed by atoms with van der Waals surface area (Å²) in [6.45, 7) is 1.56. The van der Waals surface area contributed by atoms with Gasteiger partial charge in [-0.25, -0.2) is 0 Å². The number of nitrogens with one attached hydrogen (secondary N) is 1. The van der Waals surface area contributed by atoms with Gasteiger partial charge in [-0.2, -0.15) is 0 Å². The molecule has 0 radical (unpaired) electrons. The van der Waals surface area contributed by atoms with Crippen molar-refractivity contribution in [1.29, 1.82) is 0 Å². The number of aromatic nitrogens is 1. The maximum atomic E-state index is 12.3. The molecule has 2 aromatic rings. The van der Waals surface area contributed by atoms with Crippen LogP contribution in [0.5, 0.6) is 0 Å². The number of pyridine rings is 1. The van der Waals surface area contributed by atoms with Crippen LogP contribution in [0.15, 0.2) is 48.8 Å². The monoisotopic (exact) mass is 357 g/mol. The number of amides is 2. The number of benzene rings is 1. The molecule has 2 heterocycles. The smallest absolute Gasteiger partial charge is 0.225 e. The van der Waals surface area contributed by atoms with Gasteiger partial charge in [-0.3, -0.25) is 14.6 Å². The van der Waals surface area contributed by atoms with Crippen molar-refractivity contribution in [3.05, 3.63) is 64.9 Å². The average molecular weight is 358 g/mol. The zero-order valence-corrected chi connectivity index (χ0v) is 14.6. The lowest BCUT2D eigenvalue weighted by atomic mass is 10.1. The summed E-state index contributed by atoms with van der Waals surface area (Å²) < 4.78 is 0. The molecule has 1 fully saturated rings. The molecule has 1 aliphatic rings. The molecular weight excluding hydrogens is 338 g/mol. The molecule has 1 N–H and O–H groups in total. The third-order valence-corrected chi connectivity index (χ3v) is 4.64. The standard InChI is InChI=1S/C19H20ClN3O2/c20-17-3-1-14(2-4-17)7-10-23-13-16(11-18(23)24)19(25)22-12-15-5-8-21-9-6-15/h1-6,8-9,16H,7,10-13H2,(H,22,25). The first-order valence-electron chi connectivity index (χ1n) is 8.30. The molecule has 1 aromatic heterocycles. The fourth-order valence-corrected chi connectivity index (χ4v) is 3.04. The molecule has 25 heavy (non-hydrogen) atoms. The summed E-state index contributed by atoms with van der Waals surface area (Å²) in [5.74, 6) is -0.309. The van der Waals surface area contributed by atoms with Crippen molar-refractivity contribution in [3.63, 3.8) is 0 Å². The second-order valence-electron chi connectivity index (χ2n) is 6.19. The van der Waals surface area contributed by atoms with Gasteiger partial charge in [-0.05, 0) is 41.8 Å². The number of carbonyl (C=O) groups is 2. The number of carbonyl (C=O) groups excluding carboxylic acids is 2. The number of rotatable bonds is 6. The number of hydrogen-bond acceptors (Lipinski definition) is 3. The van der Waals surface area contributed by atoms with Gasteiger partial charge in [0, 0.05) is 43.5 Å². The molecule has 5 nitrogen and oxygen atoms in total. The first-order valence-corrected chi connectivity index (χ1v) is 8.68. The van der Waals surface area contributed by atoms with Crippen molar-refractivity contribution < 1.29 is 9.59 Å². The van der Waals surface area contributed by atoms with Crippen molar-refractivity contribution in [2.75, 3.05) is 13.1 Å². The van der Waals surface area contributed by atoms with Gasteiger partial charge in [0.1, 0.15) is 0 Å². The second-order valence-corrected chi connectivity index (χ2v) is 6.63. The minimum absolute atomic E-state index is 0.0398. The molecule has 3 rings (SSSR count). The predicted molar refractivity (Wildman–Crippen MR) is 95.9 cm³/mol. The topological polar surface area (TPSA) is 62.3 Å². The molecule has 0 bridgehead atoms. The highest BCUT2D eigenvalue weighted by Crippen LogP contribution is 2.19. The van der Waals surface area contributed by atoms with Crippen molar-refractivity contribution in [1.82, 2.24) is 15.2 Å². The highest BCUT2D eigenvalue weighted by atomic mass is 35.5. The summed E-state index contributed by atoms with van der Waals surface area (Å²) in [5.41, 5.74) is 2.12. The van der Waals surface area contributed by atoms with Gasteiger partial charge >= 0.3 is 0 Å². The molecule has 1 atom stereocenters. The number of nitrogens with zero attached hydrogens (tertiary/aromatic N) is 2. The van der Waals surface area contributed by atoms with Crippen LogP contribution in [0, 0.1) is 5.92 Å². The molecule has 0 aliphatic carbocycles. The van der Waals surface area contributed by atoms with Crippen LogP contribution in [0.25, 0.3) is 0 Å². The molecule has 2 amide bonds. The van der Waals surface area contributed by atoms with E-state index in [0.29, 0.717) is 24.7 Å². The molecule has 1 saturated heterocycles. The molecular formula is C19H20ClN3O2. The highest BCUT2D eigenvalue weighted by molar-refractivity contribution is 6.30. The fraction of sp³-hybridized carbons (Fsp3) is 0.316. The molecule has 6 heteroatoms. The number of halogens is 1. The van der Waals surface area contributed by atoms with E-state index in [4.69, 9.17) is 11.6 Å². The Hall–Kier alpha value is -2.40. The van der Waals surface area contributed by atoms with Crippen LogP contribution in [0.2, 0.25) is 5.02 Å². The van der Waals surface area contributed by atoms with Crippen molar-refractivity contribution in [2.24, 2.45) is 5.92 Å². The Bertz CT molecular complexity index is 734. The van der Waals surface area contributed by atoms with Crippen LogP contribution in [0.4, 0.5) is 0 Å². The normalized spacial score (nSPS) is 16.9. The maximum Gasteiger partial charge on any atom is 0.225 e. The Morgan fingerprint density at radius 3 is 2.60 bits per heavy atom. The molecule has 1 unspecified atom stereocenters. The quantitative estimate of drug-likeness (QED) is 0.863. The summed E-state index contributed by atoms with van der Waals surface area (Å²) >= 11 is 5.88. The van der Waals surface area contributed by atoms with E-state index in [1.165, 1.54) is 0 Å². The molecule has 0 spiro atoms. The fourth-order valence-electron chi connectivity index (χ4n) is 2.91. The van der Waals surface area contributed by atoms with E-state index in [2.05, 4.69) is 10.3 Å². The van der Waals surface area contributed by atoms with E-state index in [-0.39, 0.29) is 24.2 Å². The zero-order chi connectivity index (χ0) is 17.6. The van der Waals surface area contributed by atoms with E-state index in [1.54, 1.807) is 17.3 Å². The Balaban J connectivity index is 1.48. The van der Waals surface area contributed by atoms with Crippen molar-refractivity contribution in [3.8, 4) is 0 Å². The zero-order valence-electron chi connectivity index (χ0n) is 13.8. The Kier molecular flexibility index (Phi) is 5.66. The van der Waals surface area contributed by atoms with Crippen LogP contribution in [-0.2, 0) is 22.6 Å². The third kappa shape index (κ3) is 4.79. The summed E-state index contributed by atoms with van der Waals surface area (Å²) in [6, 6.07) is 11.3. The van der Waals surface area contributed by atoms with E-state index in [0.717, 1.165) is 17.5 Å². The molecule has 130 valence electrons. The van der Waals surface area contributed by atoms with Crippen LogP contribution in [0.3, 0.4) is 0 Å². The van der Waals surface area contributed by atoms with Gasteiger partial charge in [-0.15, -0.1) is 0 Å². The van der Waals surface area contributed by atoms with Gasteiger partial charge in [0.2, 0.25) is 11.8 Å². The first-order chi connectivity index (χ1) is 12.1. The highest BCUT2D eigenvalue weighted by Gasteiger charge is 2.33. The Labute approximate surface area is 152 Å². The lowest BCUT2D eigenvalue weighted by molar-refractivity contribution is -0.129. The minimum Gasteiger partial charge on any atom is -0.352 e. The molecule has 0 saturated carbocycles. The molecule has 1 aromatic carbocycles. The van der Waals surface area contributed by atoms with Crippen LogP contribution in [0.1, 0.15) is 17.5 Å². The van der Waals surface area contributed by atoms with Gasteiger partial charge in [0.05, 0.1) is 5.92 Å². The summed E-state index contributed by atoms with van der Waals surface area (Å²) in [5, 5.41) is 3.60. The number of hydrogen-bond donors (Lipinski definition) is 1. The van der Waals surface area contributed by atoms with Gasteiger partial charge in [-0.1, -0.05) is 23.7 Å². The largest absolute Gasteiger partial charge is 0.352 e. The van der Waals surface area contributed by atoms with E-state index >= 15 is 0 Å². The van der Waals surface area contributed by atoms with E-state index in [9.17, 15) is 9.59 Å². The Morgan fingerprint density at radius 2 is 1.88 bits per heavy atom. The average Bonchev–Trinajstić information content (AvgIpc) is 3.01. The lowest BCUT2D eigenvalue weighted by Gasteiger charge is -2.16. The first kappa shape index (κ1) is 17.4. The summed E-state index contributed by atoms with van der Waals surface area (Å²) in [4.78, 5) is 30.2. The van der Waals surface area contributed by atoms with E-state index in [1.807, 2.05) is 36.4 Å². The predicted octanol–water partition coefficient (Wildman–Crippen LogP) is 2.44. The van der Waals surface area contributed by atoms with Crippen LogP contribution >= 0.6 is 11.6 Å². The van der Waals surface area contributed by atoms with Gasteiger partial charge < -0.3 is 10.2 Å².